The summed E-state index contributed by atoms with van der Waals surface area (Å²) in [6, 6.07) is 15.4. The molecule has 0 radical (unpaired) electrons. The van der Waals surface area contributed by atoms with Crippen molar-refractivity contribution in [2.75, 3.05) is 36.8 Å². The van der Waals surface area contributed by atoms with Crippen molar-refractivity contribution in [2.24, 2.45) is 0 Å². The van der Waals surface area contributed by atoms with Gasteiger partial charge in [-0.25, -0.2) is 4.98 Å². The third-order valence-corrected chi connectivity index (χ3v) is 4.71. The number of carbonyl (C=O) groups excluding carboxylic acids is 1. The maximum Gasteiger partial charge on any atom is 0.228 e. The molecule has 6 heteroatoms. The molecule has 2 aromatic heterocycles. The van der Waals surface area contributed by atoms with Crippen LogP contribution in [0.4, 0.5) is 11.5 Å². The fourth-order valence-electron chi connectivity index (χ4n) is 3.28. The third kappa shape index (κ3) is 3.44. The van der Waals surface area contributed by atoms with E-state index in [1.165, 1.54) is 0 Å². The zero-order valence-corrected chi connectivity index (χ0v) is 14.5. The van der Waals surface area contributed by atoms with Crippen molar-refractivity contribution in [3.8, 4) is 0 Å². The van der Waals surface area contributed by atoms with E-state index in [1.807, 2.05) is 53.4 Å². The van der Waals surface area contributed by atoms with E-state index in [4.69, 9.17) is 5.73 Å². The number of aromatic nitrogens is 2. The molecule has 4 rings (SSSR count). The van der Waals surface area contributed by atoms with E-state index >= 15 is 0 Å². The molecule has 0 aliphatic carbocycles. The number of nitrogen functional groups attached to an aromatic ring is 1. The Bertz CT molecular complexity index is 920. The van der Waals surface area contributed by atoms with Gasteiger partial charge in [0.05, 0.1) is 17.6 Å². The molecule has 0 saturated carbocycles. The van der Waals surface area contributed by atoms with Gasteiger partial charge >= 0.3 is 0 Å². The highest BCUT2D eigenvalue weighted by Crippen LogP contribution is 2.17. The van der Waals surface area contributed by atoms with Crippen LogP contribution in [-0.2, 0) is 11.2 Å². The highest BCUT2D eigenvalue weighted by atomic mass is 16.2. The monoisotopic (exact) mass is 347 g/mol. The summed E-state index contributed by atoms with van der Waals surface area (Å²) in [5, 5.41) is 0.991. The minimum absolute atomic E-state index is 0.118. The predicted octanol–water partition coefficient (Wildman–Crippen LogP) is 2.10. The molecule has 3 heterocycles. The number of fused-ring (bicyclic) bond motifs is 1. The first-order valence-electron chi connectivity index (χ1n) is 8.78. The van der Waals surface area contributed by atoms with Crippen LogP contribution in [0.15, 0.2) is 54.7 Å². The number of amides is 1. The standard InChI is InChI=1S/C20H21N5O/c21-16-5-7-18-15(13-16)4-6-17(23-18)14-20(26)25-11-9-24(10-12-25)19-3-1-2-8-22-19/h1-8,13H,9-12,14,21H2. The summed E-state index contributed by atoms with van der Waals surface area (Å²) in [5.74, 6) is 1.09. The highest BCUT2D eigenvalue weighted by molar-refractivity contribution is 5.83. The lowest BCUT2D eigenvalue weighted by molar-refractivity contribution is -0.130. The summed E-state index contributed by atoms with van der Waals surface area (Å²) in [6.45, 7) is 3.01. The number of hydrogen-bond acceptors (Lipinski definition) is 5. The Morgan fingerprint density at radius 2 is 1.88 bits per heavy atom. The number of anilines is 2. The molecule has 1 fully saturated rings. The van der Waals surface area contributed by atoms with E-state index in [2.05, 4.69) is 14.9 Å². The van der Waals surface area contributed by atoms with Gasteiger partial charge in [0.2, 0.25) is 5.91 Å². The number of pyridine rings is 2. The maximum atomic E-state index is 12.6. The van der Waals surface area contributed by atoms with Crippen LogP contribution >= 0.6 is 0 Å². The van der Waals surface area contributed by atoms with Gasteiger partial charge in [0.1, 0.15) is 5.82 Å². The van der Waals surface area contributed by atoms with Crippen molar-refractivity contribution in [1.29, 1.82) is 0 Å². The van der Waals surface area contributed by atoms with Crippen molar-refractivity contribution >= 4 is 28.3 Å². The fraction of sp³-hybridized carbons (Fsp3) is 0.250. The summed E-state index contributed by atoms with van der Waals surface area (Å²) in [4.78, 5) is 25.7. The van der Waals surface area contributed by atoms with Crippen LogP contribution in [0.2, 0.25) is 0 Å². The summed E-state index contributed by atoms with van der Waals surface area (Å²) >= 11 is 0. The van der Waals surface area contributed by atoms with Gasteiger partial charge in [0.25, 0.3) is 0 Å². The van der Waals surface area contributed by atoms with Crippen LogP contribution in [0.25, 0.3) is 10.9 Å². The molecule has 26 heavy (non-hydrogen) atoms. The Kier molecular flexibility index (Phi) is 4.39. The summed E-state index contributed by atoms with van der Waals surface area (Å²) in [6.07, 6.45) is 2.12. The molecule has 2 N–H and O–H groups in total. The van der Waals surface area contributed by atoms with E-state index in [0.717, 1.165) is 35.5 Å². The first kappa shape index (κ1) is 16.3. The van der Waals surface area contributed by atoms with Gasteiger partial charge in [-0.2, -0.15) is 0 Å². The second-order valence-corrected chi connectivity index (χ2v) is 6.49. The molecule has 0 unspecified atom stereocenters. The Morgan fingerprint density at radius 3 is 2.65 bits per heavy atom. The van der Waals surface area contributed by atoms with E-state index in [9.17, 15) is 4.79 Å². The topological polar surface area (TPSA) is 75.3 Å². The molecule has 132 valence electrons. The Labute approximate surface area is 152 Å². The first-order valence-corrected chi connectivity index (χ1v) is 8.78. The molecular formula is C20H21N5O. The molecule has 0 spiro atoms. The number of benzene rings is 1. The quantitative estimate of drug-likeness (QED) is 0.735. The van der Waals surface area contributed by atoms with Crippen molar-refractivity contribution < 1.29 is 4.79 Å². The van der Waals surface area contributed by atoms with E-state index in [0.29, 0.717) is 25.2 Å². The van der Waals surface area contributed by atoms with Gasteiger partial charge in [0.15, 0.2) is 0 Å². The van der Waals surface area contributed by atoms with E-state index in [1.54, 1.807) is 6.20 Å². The molecule has 0 atom stereocenters. The van der Waals surface area contributed by atoms with E-state index in [-0.39, 0.29) is 5.91 Å². The van der Waals surface area contributed by atoms with Gasteiger partial charge in [-0.05, 0) is 36.4 Å². The molecule has 1 saturated heterocycles. The molecule has 6 nitrogen and oxygen atoms in total. The Hall–Kier alpha value is -3.15. The average Bonchev–Trinajstić information content (AvgIpc) is 2.69. The molecule has 1 amide bonds. The number of rotatable bonds is 3. The van der Waals surface area contributed by atoms with Crippen LogP contribution in [0, 0.1) is 0 Å². The minimum Gasteiger partial charge on any atom is -0.399 e. The lowest BCUT2D eigenvalue weighted by Crippen LogP contribution is -2.49. The third-order valence-electron chi connectivity index (χ3n) is 4.71. The van der Waals surface area contributed by atoms with Crippen molar-refractivity contribution in [3.63, 3.8) is 0 Å². The number of nitrogens with zero attached hydrogens (tertiary/aromatic N) is 4. The van der Waals surface area contributed by atoms with Crippen LogP contribution in [-0.4, -0.2) is 47.0 Å². The first-order chi connectivity index (χ1) is 12.7. The second kappa shape index (κ2) is 7.00. The van der Waals surface area contributed by atoms with Gasteiger partial charge in [-0.1, -0.05) is 12.1 Å². The van der Waals surface area contributed by atoms with Crippen molar-refractivity contribution in [1.82, 2.24) is 14.9 Å². The van der Waals surface area contributed by atoms with Gasteiger partial charge in [-0.15, -0.1) is 0 Å². The van der Waals surface area contributed by atoms with Gasteiger partial charge < -0.3 is 15.5 Å². The van der Waals surface area contributed by atoms with Crippen LogP contribution in [0.1, 0.15) is 5.69 Å². The van der Waals surface area contributed by atoms with Gasteiger partial charge in [0, 0.05) is 43.4 Å². The normalized spacial score (nSPS) is 14.6. The van der Waals surface area contributed by atoms with Gasteiger partial charge in [-0.3, -0.25) is 9.78 Å². The molecule has 3 aromatic rings. The minimum atomic E-state index is 0.118. The maximum absolute atomic E-state index is 12.6. The average molecular weight is 347 g/mol. The largest absolute Gasteiger partial charge is 0.399 e. The molecule has 1 aliphatic heterocycles. The number of piperazine rings is 1. The molecule has 1 aliphatic rings. The zero-order valence-electron chi connectivity index (χ0n) is 14.5. The summed E-state index contributed by atoms with van der Waals surface area (Å²) in [7, 11) is 0. The van der Waals surface area contributed by atoms with Crippen molar-refractivity contribution in [2.45, 2.75) is 6.42 Å². The van der Waals surface area contributed by atoms with Crippen molar-refractivity contribution in [3.05, 3.63) is 60.4 Å². The summed E-state index contributed by atoms with van der Waals surface area (Å²) < 4.78 is 0. The SMILES string of the molecule is Nc1ccc2nc(CC(=O)N3CCN(c4ccccn4)CC3)ccc2c1. The molecular weight excluding hydrogens is 326 g/mol. The number of carbonyl (C=O) groups is 1. The van der Waals surface area contributed by atoms with Crippen LogP contribution in [0.5, 0.6) is 0 Å². The zero-order chi connectivity index (χ0) is 17.9. The second-order valence-electron chi connectivity index (χ2n) is 6.49. The Balaban J connectivity index is 1.39. The molecule has 0 bridgehead atoms. The predicted molar refractivity (Wildman–Crippen MR) is 103 cm³/mol. The molecule has 1 aromatic carbocycles. The smallest absolute Gasteiger partial charge is 0.228 e. The number of hydrogen-bond donors (Lipinski definition) is 1. The lowest BCUT2D eigenvalue weighted by atomic mass is 10.1. The highest BCUT2D eigenvalue weighted by Gasteiger charge is 2.22. The van der Waals surface area contributed by atoms with Crippen LogP contribution < -0.4 is 10.6 Å². The Morgan fingerprint density at radius 1 is 1.04 bits per heavy atom. The lowest BCUT2D eigenvalue weighted by Gasteiger charge is -2.35. The van der Waals surface area contributed by atoms with Crippen LogP contribution in [0.3, 0.4) is 0 Å². The number of nitrogens with two attached hydrogens (primary N) is 1. The summed E-state index contributed by atoms with van der Waals surface area (Å²) in [5.41, 5.74) is 8.17. The fourth-order valence-corrected chi connectivity index (χ4v) is 3.28. The van der Waals surface area contributed by atoms with E-state index < -0.39 is 0 Å².